The van der Waals surface area contributed by atoms with Crippen LogP contribution in [0.5, 0.6) is 0 Å². The van der Waals surface area contributed by atoms with Gasteiger partial charge in [0.05, 0.1) is 0 Å². The fraction of sp³-hybridized carbons (Fsp3) is 0.308. The Kier molecular flexibility index (Phi) is 9.11. The van der Waals surface area contributed by atoms with Gasteiger partial charge in [0, 0.05) is 0 Å². The Morgan fingerprint density at radius 1 is 0.864 bits per heavy atom. The highest BCUT2D eigenvalue weighted by Gasteiger charge is 2.31. The van der Waals surface area contributed by atoms with E-state index >= 15 is 0 Å². The van der Waals surface area contributed by atoms with Gasteiger partial charge in [-0.05, 0) is 0 Å². The van der Waals surface area contributed by atoms with Gasteiger partial charge in [-0.2, -0.15) is 0 Å². The van der Waals surface area contributed by atoms with Crippen LogP contribution in [0.25, 0.3) is 0 Å². The normalized spacial score (nSPS) is 13.8. The van der Waals surface area contributed by atoms with Gasteiger partial charge in [-0.1, -0.05) is 36.4 Å². The molecule has 0 aliphatic carbocycles. The molecule has 1 aromatic carbocycles. The van der Waals surface area contributed by atoms with E-state index < -0.39 is 42.8 Å². The Balaban J connectivity index is 0.000000604. The summed E-state index contributed by atoms with van der Waals surface area (Å²) in [5.74, 6) is -4.71. The number of hydrogen-bond acceptors (Lipinski definition) is 7. The molecule has 0 aromatic heterocycles. The number of aliphatic carboxylic acids is 2. The van der Waals surface area contributed by atoms with Crippen molar-refractivity contribution in [2.24, 2.45) is 5.73 Å². The smallest absolute Gasteiger partial charge is 0.338 e. The first-order valence-corrected chi connectivity index (χ1v) is 6.01. The topological polar surface area (TPSA) is 167 Å². The molecule has 0 saturated carbocycles. The lowest BCUT2D eigenvalue weighted by molar-refractivity contribution is -0.170. The van der Waals surface area contributed by atoms with Crippen LogP contribution in [0.2, 0.25) is 0 Å². The lowest BCUT2D eigenvalue weighted by Crippen LogP contribution is -2.43. The molecule has 0 heterocycles. The molecule has 0 aliphatic rings. The first-order valence-electron chi connectivity index (χ1n) is 6.01. The van der Waals surface area contributed by atoms with Crippen LogP contribution < -0.4 is 5.73 Å². The predicted octanol–water partition coefficient (Wildman–Crippen LogP) is -1.57. The molecule has 1 aromatic rings. The fourth-order valence-electron chi connectivity index (χ4n) is 0.977. The molecule has 6 N–H and O–H groups in total. The van der Waals surface area contributed by atoms with Crippen molar-refractivity contribution in [2.75, 3.05) is 6.61 Å². The Morgan fingerprint density at radius 3 is 1.59 bits per heavy atom. The molecule has 0 aliphatic heterocycles. The van der Waals surface area contributed by atoms with Crippen molar-refractivity contribution in [3.8, 4) is 0 Å². The first-order chi connectivity index (χ1) is 10.3. The molecular weight excluding hydrogens is 298 g/mol. The number of carbonyl (C=O) groups is 3. The van der Waals surface area contributed by atoms with E-state index in [4.69, 9.17) is 26.2 Å². The molecular formula is C13H17NO8. The van der Waals surface area contributed by atoms with Gasteiger partial charge in [0.25, 0.3) is 0 Å². The third-order valence-electron chi connectivity index (χ3n) is 2.18. The minimum Gasteiger partial charge on any atom is -0.480 e. The molecule has 3 unspecified atom stereocenters. The second-order valence-corrected chi connectivity index (χ2v) is 3.96. The van der Waals surface area contributed by atoms with E-state index in [9.17, 15) is 14.4 Å². The lowest BCUT2D eigenvalue weighted by Gasteiger charge is -2.14. The number of carboxylic acids is 2. The summed E-state index contributed by atoms with van der Waals surface area (Å²) in [6.45, 7) is -0.739. The van der Waals surface area contributed by atoms with E-state index in [1.807, 2.05) is 36.4 Å². The standard InChI is InChI=1S/C7H11NO8.C6H6/c8-2(5(11)12)1-16-7(15)4(10)3(9)6(13)14;1-2-4-6-5-3-1/h2-4,9-10H,1,8H2,(H,11,12)(H,13,14);1-6H. The van der Waals surface area contributed by atoms with Crippen molar-refractivity contribution in [1.29, 1.82) is 0 Å². The summed E-state index contributed by atoms with van der Waals surface area (Å²) in [6.07, 6.45) is -4.63. The molecule has 9 heteroatoms. The Labute approximate surface area is 125 Å². The first kappa shape index (κ1) is 19.5. The zero-order valence-electron chi connectivity index (χ0n) is 11.4. The summed E-state index contributed by atoms with van der Waals surface area (Å²) >= 11 is 0. The van der Waals surface area contributed by atoms with Gasteiger partial charge >= 0.3 is 17.9 Å². The van der Waals surface area contributed by atoms with Crippen LogP contribution in [0.1, 0.15) is 0 Å². The van der Waals surface area contributed by atoms with E-state index in [0.717, 1.165) is 0 Å². The number of carbonyl (C=O) groups excluding carboxylic acids is 1. The average molecular weight is 315 g/mol. The highest BCUT2D eigenvalue weighted by Crippen LogP contribution is 1.98. The second kappa shape index (κ2) is 10.3. The number of aliphatic hydroxyl groups excluding tert-OH is 2. The van der Waals surface area contributed by atoms with Crippen molar-refractivity contribution < 1.29 is 39.5 Å². The summed E-state index contributed by atoms with van der Waals surface area (Å²) in [5, 5.41) is 34.2. The Morgan fingerprint density at radius 2 is 1.27 bits per heavy atom. The van der Waals surface area contributed by atoms with E-state index in [-0.39, 0.29) is 0 Å². The maximum absolute atomic E-state index is 10.9. The minimum atomic E-state index is -2.34. The monoisotopic (exact) mass is 315 g/mol. The van der Waals surface area contributed by atoms with E-state index in [1.165, 1.54) is 0 Å². The van der Waals surface area contributed by atoms with Gasteiger partial charge in [-0.3, -0.25) is 4.79 Å². The van der Waals surface area contributed by atoms with E-state index in [0.29, 0.717) is 0 Å². The molecule has 0 saturated heterocycles. The molecule has 0 fully saturated rings. The lowest BCUT2D eigenvalue weighted by atomic mass is 10.2. The maximum atomic E-state index is 10.9. The van der Waals surface area contributed by atoms with E-state index in [1.54, 1.807) is 0 Å². The van der Waals surface area contributed by atoms with Crippen molar-refractivity contribution >= 4 is 17.9 Å². The summed E-state index contributed by atoms with van der Waals surface area (Å²) in [5.41, 5.74) is 4.96. The van der Waals surface area contributed by atoms with Crippen LogP contribution in [0.15, 0.2) is 36.4 Å². The average Bonchev–Trinajstić information content (AvgIpc) is 2.52. The second-order valence-electron chi connectivity index (χ2n) is 3.96. The maximum Gasteiger partial charge on any atom is 0.338 e. The molecule has 0 amide bonds. The number of ether oxygens (including phenoxy) is 1. The van der Waals surface area contributed by atoms with Crippen LogP contribution in [-0.2, 0) is 19.1 Å². The minimum absolute atomic E-state index is 0.739. The van der Waals surface area contributed by atoms with Crippen molar-refractivity contribution in [3.05, 3.63) is 36.4 Å². The summed E-state index contributed by atoms with van der Waals surface area (Å²) in [4.78, 5) is 31.2. The van der Waals surface area contributed by atoms with Gasteiger partial charge in [-0.25, -0.2) is 9.59 Å². The van der Waals surface area contributed by atoms with Crippen molar-refractivity contribution in [2.45, 2.75) is 18.2 Å². The van der Waals surface area contributed by atoms with Crippen LogP contribution >= 0.6 is 0 Å². The van der Waals surface area contributed by atoms with Gasteiger partial charge in [0.2, 0.25) is 0 Å². The molecule has 3 atom stereocenters. The van der Waals surface area contributed by atoms with Crippen molar-refractivity contribution in [1.82, 2.24) is 0 Å². The number of aliphatic hydroxyl groups is 2. The molecule has 122 valence electrons. The SMILES string of the molecule is NC(COC(=O)C(O)C(O)C(=O)O)C(=O)O.c1ccccc1. The van der Waals surface area contributed by atoms with Crippen LogP contribution in [0.3, 0.4) is 0 Å². The summed E-state index contributed by atoms with van der Waals surface area (Å²) in [6, 6.07) is 10.5. The Bertz CT molecular complexity index is 451. The Hall–Kier alpha value is -2.49. The number of benzene rings is 1. The number of carboxylic acid groups (broad SMARTS) is 2. The van der Waals surface area contributed by atoms with Crippen LogP contribution in [0, 0.1) is 0 Å². The highest BCUT2D eigenvalue weighted by molar-refractivity contribution is 5.84. The van der Waals surface area contributed by atoms with Crippen LogP contribution in [-0.4, -0.2) is 63.2 Å². The quantitative estimate of drug-likeness (QED) is 0.390. The summed E-state index contributed by atoms with van der Waals surface area (Å²) < 4.78 is 4.18. The number of nitrogens with two attached hydrogens (primary N) is 1. The largest absolute Gasteiger partial charge is 0.480 e. The van der Waals surface area contributed by atoms with Crippen LogP contribution in [0.4, 0.5) is 0 Å². The number of hydrogen-bond donors (Lipinski definition) is 5. The molecule has 9 nitrogen and oxygen atoms in total. The van der Waals surface area contributed by atoms with Gasteiger partial charge < -0.3 is 30.9 Å². The fourth-order valence-corrected chi connectivity index (χ4v) is 0.977. The highest BCUT2D eigenvalue weighted by atomic mass is 16.6. The molecule has 22 heavy (non-hydrogen) atoms. The van der Waals surface area contributed by atoms with Gasteiger partial charge in [0.1, 0.15) is 12.6 Å². The molecule has 0 spiro atoms. The van der Waals surface area contributed by atoms with Gasteiger partial charge in [-0.15, -0.1) is 0 Å². The van der Waals surface area contributed by atoms with Gasteiger partial charge in [0.15, 0.2) is 12.2 Å². The third kappa shape index (κ3) is 7.94. The zero-order chi connectivity index (χ0) is 17.1. The molecule has 0 bridgehead atoms. The summed E-state index contributed by atoms with van der Waals surface area (Å²) in [7, 11) is 0. The third-order valence-corrected chi connectivity index (χ3v) is 2.18. The number of rotatable bonds is 6. The molecule has 1 rings (SSSR count). The van der Waals surface area contributed by atoms with Crippen molar-refractivity contribution in [3.63, 3.8) is 0 Å². The van der Waals surface area contributed by atoms with E-state index in [2.05, 4.69) is 4.74 Å². The number of esters is 1. The molecule has 0 radical (unpaired) electrons. The predicted molar refractivity (Wildman–Crippen MR) is 72.7 cm³/mol. The zero-order valence-corrected chi connectivity index (χ0v) is 11.4.